The minimum absolute atomic E-state index is 0.0160. The molecule has 0 spiro atoms. The summed E-state index contributed by atoms with van der Waals surface area (Å²) in [4.78, 5) is 25.1. The molecule has 0 aliphatic carbocycles. The van der Waals surface area contributed by atoms with Crippen LogP contribution in [0.3, 0.4) is 0 Å². The van der Waals surface area contributed by atoms with Crippen molar-refractivity contribution in [2.24, 2.45) is 5.92 Å². The number of carbonyl (C=O) groups excluding carboxylic acids is 2. The van der Waals surface area contributed by atoms with Crippen LogP contribution in [-0.4, -0.2) is 45.0 Å². The van der Waals surface area contributed by atoms with Gasteiger partial charge in [-0.05, 0) is 24.3 Å². The monoisotopic (exact) mass is 309 g/mol. The second-order valence-corrected chi connectivity index (χ2v) is 7.56. The van der Waals surface area contributed by atoms with E-state index in [1.54, 1.807) is 29.2 Å². The zero-order valence-electron chi connectivity index (χ0n) is 11.5. The number of sulfone groups is 1. The Labute approximate surface area is 122 Å². The molecule has 2 aliphatic rings. The number of ether oxygens (including phenoxy) is 1. The third kappa shape index (κ3) is 2.42. The molecule has 2 heterocycles. The molecular formula is C14H15NO5S. The quantitative estimate of drug-likeness (QED) is 0.748. The van der Waals surface area contributed by atoms with Gasteiger partial charge in [0.1, 0.15) is 0 Å². The van der Waals surface area contributed by atoms with E-state index in [2.05, 4.69) is 4.74 Å². The summed E-state index contributed by atoms with van der Waals surface area (Å²) in [5.74, 6) is -0.536. The van der Waals surface area contributed by atoms with Crippen molar-refractivity contribution in [1.82, 2.24) is 0 Å². The van der Waals surface area contributed by atoms with E-state index < -0.39 is 15.8 Å². The smallest absolute Gasteiger partial charge is 0.337 e. The lowest BCUT2D eigenvalue weighted by molar-refractivity contribution is -0.117. The highest BCUT2D eigenvalue weighted by Gasteiger charge is 2.49. The van der Waals surface area contributed by atoms with Gasteiger partial charge in [-0.25, -0.2) is 13.2 Å². The van der Waals surface area contributed by atoms with Gasteiger partial charge in [0, 0.05) is 18.0 Å². The van der Waals surface area contributed by atoms with Gasteiger partial charge in [0.25, 0.3) is 0 Å². The zero-order chi connectivity index (χ0) is 15.2. The highest BCUT2D eigenvalue weighted by molar-refractivity contribution is 7.91. The van der Waals surface area contributed by atoms with Crippen molar-refractivity contribution in [1.29, 1.82) is 0 Å². The first-order chi connectivity index (χ1) is 9.91. The maximum atomic E-state index is 12.1. The first-order valence-corrected chi connectivity index (χ1v) is 8.44. The minimum atomic E-state index is -3.06. The minimum Gasteiger partial charge on any atom is -0.465 e. The molecule has 1 aromatic rings. The van der Waals surface area contributed by atoms with Gasteiger partial charge in [-0.15, -0.1) is 0 Å². The van der Waals surface area contributed by atoms with E-state index in [9.17, 15) is 18.0 Å². The molecule has 0 unspecified atom stereocenters. The number of hydrogen-bond acceptors (Lipinski definition) is 5. The third-order valence-corrected chi connectivity index (χ3v) is 5.83. The van der Waals surface area contributed by atoms with Gasteiger partial charge in [0.15, 0.2) is 9.84 Å². The predicted octanol–water partition coefficient (Wildman–Crippen LogP) is 0.623. The second kappa shape index (κ2) is 4.84. The van der Waals surface area contributed by atoms with Crippen molar-refractivity contribution in [2.45, 2.75) is 12.5 Å². The Bertz CT molecular complexity index is 695. The number of hydrogen-bond donors (Lipinski definition) is 0. The van der Waals surface area contributed by atoms with E-state index in [4.69, 9.17) is 0 Å². The summed E-state index contributed by atoms with van der Waals surface area (Å²) in [6.45, 7) is 0. The number of anilines is 1. The highest BCUT2D eigenvalue weighted by Crippen LogP contribution is 2.37. The van der Waals surface area contributed by atoms with Crippen molar-refractivity contribution >= 4 is 27.4 Å². The molecular weight excluding hydrogens is 294 g/mol. The summed E-state index contributed by atoms with van der Waals surface area (Å²) in [5, 5.41) is 0. The molecule has 1 amide bonds. The number of methoxy groups -OCH3 is 1. The van der Waals surface area contributed by atoms with Crippen LogP contribution >= 0.6 is 0 Å². The summed E-state index contributed by atoms with van der Waals surface area (Å²) in [6.07, 6.45) is 0.267. The molecule has 0 aromatic heterocycles. The molecule has 2 fully saturated rings. The fraction of sp³-hybridized carbons (Fsp3) is 0.429. The molecule has 2 saturated heterocycles. The summed E-state index contributed by atoms with van der Waals surface area (Å²) < 4.78 is 28.0. The first kappa shape index (κ1) is 14.1. The van der Waals surface area contributed by atoms with Gasteiger partial charge < -0.3 is 9.64 Å². The lowest BCUT2D eigenvalue weighted by Crippen LogP contribution is -2.36. The van der Waals surface area contributed by atoms with Gasteiger partial charge in [-0.1, -0.05) is 0 Å². The molecule has 3 rings (SSSR count). The largest absolute Gasteiger partial charge is 0.465 e. The van der Waals surface area contributed by atoms with Gasteiger partial charge >= 0.3 is 5.97 Å². The van der Waals surface area contributed by atoms with E-state index in [0.29, 0.717) is 11.3 Å². The Morgan fingerprint density at radius 1 is 1.24 bits per heavy atom. The van der Waals surface area contributed by atoms with E-state index in [1.807, 2.05) is 0 Å². The lowest BCUT2D eigenvalue weighted by Gasteiger charge is -2.23. The molecule has 2 aliphatic heterocycles. The van der Waals surface area contributed by atoms with Crippen LogP contribution in [0.5, 0.6) is 0 Å². The average molecular weight is 309 g/mol. The van der Waals surface area contributed by atoms with Crippen LogP contribution in [-0.2, 0) is 19.4 Å². The molecule has 0 N–H and O–H groups in total. The van der Waals surface area contributed by atoms with Crippen LogP contribution in [0.15, 0.2) is 24.3 Å². The Balaban J connectivity index is 1.89. The van der Waals surface area contributed by atoms with E-state index in [1.165, 1.54) is 7.11 Å². The zero-order valence-corrected chi connectivity index (χ0v) is 12.3. The number of esters is 1. The number of nitrogens with zero attached hydrogens (tertiary/aromatic N) is 1. The molecule has 112 valence electrons. The fourth-order valence-corrected chi connectivity index (χ4v) is 5.17. The van der Waals surface area contributed by atoms with Crippen LogP contribution < -0.4 is 4.90 Å². The molecule has 21 heavy (non-hydrogen) atoms. The van der Waals surface area contributed by atoms with Gasteiger partial charge in [0.2, 0.25) is 5.91 Å². The Morgan fingerprint density at radius 2 is 1.90 bits per heavy atom. The predicted molar refractivity (Wildman–Crippen MR) is 75.8 cm³/mol. The Morgan fingerprint density at radius 3 is 2.52 bits per heavy atom. The maximum absolute atomic E-state index is 12.1. The molecule has 7 heteroatoms. The molecule has 0 saturated carbocycles. The van der Waals surface area contributed by atoms with Crippen molar-refractivity contribution in [3.8, 4) is 0 Å². The second-order valence-electron chi connectivity index (χ2n) is 5.41. The van der Waals surface area contributed by atoms with Crippen LogP contribution in [0.25, 0.3) is 0 Å². The maximum Gasteiger partial charge on any atom is 0.337 e. The topological polar surface area (TPSA) is 80.8 Å². The number of rotatable bonds is 2. The highest BCUT2D eigenvalue weighted by atomic mass is 32.2. The molecule has 0 bridgehead atoms. The molecule has 1 aromatic carbocycles. The number of fused-ring (bicyclic) bond motifs is 1. The Kier molecular flexibility index (Phi) is 3.24. The van der Waals surface area contributed by atoms with Gasteiger partial charge in [-0.3, -0.25) is 4.79 Å². The van der Waals surface area contributed by atoms with Crippen LogP contribution in [0.1, 0.15) is 16.8 Å². The number of benzene rings is 1. The van der Waals surface area contributed by atoms with Crippen LogP contribution in [0.2, 0.25) is 0 Å². The third-order valence-electron chi connectivity index (χ3n) is 4.04. The summed E-state index contributed by atoms with van der Waals surface area (Å²) in [5.41, 5.74) is 1.01. The SMILES string of the molecule is COC(=O)c1ccc(N2C(=O)C[C@H]3CS(=O)(=O)C[C@H]32)cc1. The fourth-order valence-electron chi connectivity index (χ4n) is 3.10. The lowest BCUT2D eigenvalue weighted by atomic mass is 10.0. The summed E-state index contributed by atoms with van der Waals surface area (Å²) in [7, 11) is -1.76. The van der Waals surface area contributed by atoms with E-state index in [0.717, 1.165) is 0 Å². The van der Waals surface area contributed by atoms with Crippen molar-refractivity contribution in [3.05, 3.63) is 29.8 Å². The molecule has 2 atom stereocenters. The average Bonchev–Trinajstić information content (AvgIpc) is 2.88. The van der Waals surface area contributed by atoms with Gasteiger partial charge in [-0.2, -0.15) is 0 Å². The summed E-state index contributed by atoms with van der Waals surface area (Å²) in [6, 6.07) is 6.16. The van der Waals surface area contributed by atoms with E-state index in [-0.39, 0.29) is 35.8 Å². The van der Waals surface area contributed by atoms with Gasteiger partial charge in [0.05, 0.1) is 30.2 Å². The molecule has 6 nitrogen and oxygen atoms in total. The summed E-state index contributed by atoms with van der Waals surface area (Å²) >= 11 is 0. The van der Waals surface area contributed by atoms with Crippen molar-refractivity contribution in [3.63, 3.8) is 0 Å². The normalized spacial score (nSPS) is 26.7. The first-order valence-electron chi connectivity index (χ1n) is 6.62. The van der Waals surface area contributed by atoms with Crippen molar-refractivity contribution < 1.29 is 22.7 Å². The number of carbonyl (C=O) groups is 2. The number of amides is 1. The van der Waals surface area contributed by atoms with Crippen LogP contribution in [0.4, 0.5) is 5.69 Å². The standard InChI is InChI=1S/C14H15NO5S/c1-20-14(17)9-2-4-11(5-3-9)15-12-8-21(18,19)7-10(12)6-13(15)16/h2-5,10,12H,6-8H2,1H3/t10-,12+/m0/s1. The molecule has 0 radical (unpaired) electrons. The van der Waals surface area contributed by atoms with Crippen LogP contribution in [0, 0.1) is 5.92 Å². The Hall–Kier alpha value is -1.89. The van der Waals surface area contributed by atoms with E-state index >= 15 is 0 Å². The van der Waals surface area contributed by atoms with Crippen molar-refractivity contribution in [2.75, 3.05) is 23.5 Å².